The summed E-state index contributed by atoms with van der Waals surface area (Å²) in [6.45, 7) is 1.66. The summed E-state index contributed by atoms with van der Waals surface area (Å²) in [5.41, 5.74) is 1.71. The molecule has 2 heterocycles. The number of carbonyl (C=O) groups excluding carboxylic acids is 3. The van der Waals surface area contributed by atoms with E-state index in [1.807, 2.05) is 49.4 Å². The topological polar surface area (TPSA) is 91.3 Å². The molecule has 0 aromatic heterocycles. The zero-order valence-corrected chi connectivity index (χ0v) is 22.2. The van der Waals surface area contributed by atoms with Gasteiger partial charge in [-0.1, -0.05) is 68.3 Å². The number of nitrogens with zero attached hydrogens (tertiary/aromatic N) is 3. The van der Waals surface area contributed by atoms with Gasteiger partial charge >= 0.3 is 6.03 Å². The van der Waals surface area contributed by atoms with Gasteiger partial charge in [0.1, 0.15) is 17.8 Å². The summed E-state index contributed by atoms with van der Waals surface area (Å²) >= 11 is 0. The van der Waals surface area contributed by atoms with Crippen molar-refractivity contribution in [1.82, 2.24) is 15.2 Å². The van der Waals surface area contributed by atoms with E-state index in [0.29, 0.717) is 12.8 Å². The van der Waals surface area contributed by atoms with Crippen molar-refractivity contribution in [2.45, 2.75) is 50.6 Å². The lowest BCUT2D eigenvalue weighted by Crippen LogP contribution is -2.54. The Morgan fingerprint density at radius 2 is 1.82 bits per heavy atom. The summed E-state index contributed by atoms with van der Waals surface area (Å²) in [7, 11) is 1.61. The number of benzene rings is 3. The molecule has 0 radical (unpaired) electrons. The van der Waals surface area contributed by atoms with Crippen LogP contribution in [0.5, 0.6) is 5.75 Å². The van der Waals surface area contributed by atoms with E-state index in [9.17, 15) is 14.4 Å². The summed E-state index contributed by atoms with van der Waals surface area (Å²) in [6, 6.07) is 21.0. The highest BCUT2D eigenvalue weighted by molar-refractivity contribution is 6.10. The summed E-state index contributed by atoms with van der Waals surface area (Å²) in [4.78, 5) is 41.3. The maximum atomic E-state index is 13.8. The molecule has 4 amide bonds. The highest BCUT2D eigenvalue weighted by atomic mass is 16.5. The van der Waals surface area contributed by atoms with Crippen molar-refractivity contribution in [2.24, 2.45) is 11.0 Å². The van der Waals surface area contributed by atoms with Crippen molar-refractivity contribution in [2.75, 3.05) is 13.7 Å². The van der Waals surface area contributed by atoms with Crippen LogP contribution in [0.2, 0.25) is 0 Å². The van der Waals surface area contributed by atoms with Gasteiger partial charge in [-0.3, -0.25) is 14.5 Å². The molecule has 3 aromatic carbocycles. The first kappa shape index (κ1) is 25.1. The van der Waals surface area contributed by atoms with Gasteiger partial charge in [0.15, 0.2) is 0 Å². The molecule has 2 fully saturated rings. The first-order chi connectivity index (χ1) is 18.9. The number of methoxy groups -OCH3 is 1. The number of fused-ring (bicyclic) bond motifs is 1. The molecule has 8 nitrogen and oxygen atoms in total. The van der Waals surface area contributed by atoms with Crippen LogP contribution >= 0.6 is 0 Å². The third-order valence-corrected chi connectivity index (χ3v) is 8.54. The molecule has 200 valence electrons. The maximum Gasteiger partial charge on any atom is 0.325 e. The smallest absolute Gasteiger partial charge is 0.325 e. The standard InChI is InChI=1S/C31H32N4O4/c1-20-7-5-6-16-31(20)29(37)34(30(38)32-31)19-28(36)35-27(22-12-14-25(39-2)15-13-22)18-26(33-35)24-11-10-21-8-3-4-9-23(21)17-24/h3-4,8-15,17,20,27H,5-7,16,18-19H2,1-2H3,(H,32,38)/t20-,27+,31-/m1/s1. The minimum absolute atomic E-state index is 0.0270. The molecule has 3 aromatic rings. The Morgan fingerprint density at radius 3 is 2.56 bits per heavy atom. The fraction of sp³-hybridized carbons (Fsp3) is 0.355. The third-order valence-electron chi connectivity index (χ3n) is 8.54. The second-order valence-corrected chi connectivity index (χ2v) is 10.8. The Labute approximate surface area is 227 Å². The van der Waals surface area contributed by atoms with E-state index >= 15 is 0 Å². The molecule has 39 heavy (non-hydrogen) atoms. The molecule has 1 saturated heterocycles. The maximum absolute atomic E-state index is 13.8. The lowest BCUT2D eigenvalue weighted by atomic mass is 9.73. The number of amides is 4. The minimum Gasteiger partial charge on any atom is -0.497 e. The van der Waals surface area contributed by atoms with Crippen LogP contribution in [0, 0.1) is 5.92 Å². The predicted octanol–water partition coefficient (Wildman–Crippen LogP) is 5.03. The SMILES string of the molecule is COc1ccc([C@@H]2CC(c3ccc4ccccc4c3)=NN2C(=O)CN2C(=O)N[C@@]3(CCCC[C@H]3C)C2=O)cc1. The Kier molecular flexibility index (Phi) is 6.33. The van der Waals surface area contributed by atoms with E-state index < -0.39 is 17.5 Å². The van der Waals surface area contributed by atoms with Gasteiger partial charge in [0.2, 0.25) is 0 Å². The van der Waals surface area contributed by atoms with Crippen molar-refractivity contribution in [3.8, 4) is 5.75 Å². The largest absolute Gasteiger partial charge is 0.497 e. The van der Waals surface area contributed by atoms with Crippen LogP contribution in [0.3, 0.4) is 0 Å². The molecule has 1 spiro atoms. The highest BCUT2D eigenvalue weighted by Crippen LogP contribution is 2.39. The van der Waals surface area contributed by atoms with Gasteiger partial charge in [-0.2, -0.15) is 5.10 Å². The van der Waals surface area contributed by atoms with Gasteiger partial charge in [-0.25, -0.2) is 9.80 Å². The number of rotatable bonds is 5. The van der Waals surface area contributed by atoms with E-state index in [1.165, 1.54) is 5.01 Å². The van der Waals surface area contributed by atoms with Crippen molar-refractivity contribution in [1.29, 1.82) is 0 Å². The van der Waals surface area contributed by atoms with Crippen molar-refractivity contribution in [3.63, 3.8) is 0 Å². The van der Waals surface area contributed by atoms with Gasteiger partial charge in [0.25, 0.3) is 11.8 Å². The van der Waals surface area contributed by atoms with Crippen molar-refractivity contribution >= 4 is 34.3 Å². The molecule has 8 heteroatoms. The summed E-state index contributed by atoms with van der Waals surface area (Å²) < 4.78 is 5.32. The third kappa shape index (κ3) is 4.33. The van der Waals surface area contributed by atoms with Gasteiger partial charge < -0.3 is 10.1 Å². The molecule has 1 aliphatic carbocycles. The fourth-order valence-corrected chi connectivity index (χ4v) is 6.22. The highest BCUT2D eigenvalue weighted by Gasteiger charge is 2.55. The molecule has 1 N–H and O–H groups in total. The molecule has 1 saturated carbocycles. The first-order valence-corrected chi connectivity index (χ1v) is 13.6. The summed E-state index contributed by atoms with van der Waals surface area (Å²) in [5.74, 6) is 0.0540. The number of nitrogens with one attached hydrogen (secondary N) is 1. The zero-order chi connectivity index (χ0) is 27.1. The van der Waals surface area contributed by atoms with Crippen LogP contribution in [0.4, 0.5) is 4.79 Å². The molecule has 3 atom stereocenters. The van der Waals surface area contributed by atoms with E-state index in [4.69, 9.17) is 9.84 Å². The molecule has 2 aliphatic heterocycles. The fourth-order valence-electron chi connectivity index (χ4n) is 6.22. The molecule has 0 unspecified atom stereocenters. The Balaban J connectivity index is 1.31. The Morgan fingerprint density at radius 1 is 1.05 bits per heavy atom. The van der Waals surface area contributed by atoms with Crippen LogP contribution in [0.1, 0.15) is 56.2 Å². The van der Waals surface area contributed by atoms with E-state index in [2.05, 4.69) is 29.6 Å². The Hall–Kier alpha value is -4.20. The number of hydrazone groups is 1. The predicted molar refractivity (Wildman–Crippen MR) is 148 cm³/mol. The van der Waals surface area contributed by atoms with Crippen LogP contribution in [0.15, 0.2) is 71.8 Å². The zero-order valence-electron chi connectivity index (χ0n) is 22.2. The van der Waals surface area contributed by atoms with Gasteiger partial charge in [0.05, 0.1) is 18.9 Å². The molecule has 6 rings (SSSR count). The Bertz CT molecular complexity index is 1480. The second kappa shape index (κ2) is 9.84. The van der Waals surface area contributed by atoms with Crippen LogP contribution in [-0.4, -0.2) is 52.7 Å². The van der Waals surface area contributed by atoms with E-state index in [0.717, 1.165) is 57.5 Å². The number of ether oxygens (including phenoxy) is 1. The van der Waals surface area contributed by atoms with E-state index in [-0.39, 0.29) is 24.4 Å². The van der Waals surface area contributed by atoms with Gasteiger partial charge in [-0.15, -0.1) is 0 Å². The van der Waals surface area contributed by atoms with Gasteiger partial charge in [0, 0.05) is 6.42 Å². The molecular formula is C31H32N4O4. The summed E-state index contributed by atoms with van der Waals surface area (Å²) in [6.07, 6.45) is 3.90. The minimum atomic E-state index is -0.907. The molecular weight excluding hydrogens is 492 g/mol. The molecule has 3 aliphatic rings. The number of hydrogen-bond acceptors (Lipinski definition) is 5. The van der Waals surface area contributed by atoms with Crippen LogP contribution in [-0.2, 0) is 9.59 Å². The second-order valence-electron chi connectivity index (χ2n) is 10.8. The number of hydrogen-bond donors (Lipinski definition) is 1. The normalized spacial score (nSPS) is 24.8. The average Bonchev–Trinajstić information content (AvgIpc) is 3.51. The lowest BCUT2D eigenvalue weighted by molar-refractivity contribution is -0.141. The molecule has 0 bridgehead atoms. The number of urea groups is 1. The first-order valence-electron chi connectivity index (χ1n) is 13.6. The van der Waals surface area contributed by atoms with Crippen LogP contribution < -0.4 is 10.1 Å². The monoisotopic (exact) mass is 524 g/mol. The summed E-state index contributed by atoms with van der Waals surface area (Å²) in [5, 5.41) is 11.4. The number of imide groups is 1. The van der Waals surface area contributed by atoms with Crippen molar-refractivity contribution in [3.05, 3.63) is 77.9 Å². The average molecular weight is 525 g/mol. The van der Waals surface area contributed by atoms with Crippen LogP contribution in [0.25, 0.3) is 10.8 Å². The van der Waals surface area contributed by atoms with E-state index in [1.54, 1.807) is 7.11 Å². The number of carbonyl (C=O) groups is 3. The quantitative estimate of drug-likeness (QED) is 0.474. The lowest BCUT2D eigenvalue weighted by Gasteiger charge is -2.36. The van der Waals surface area contributed by atoms with Gasteiger partial charge in [-0.05, 0) is 58.9 Å². The van der Waals surface area contributed by atoms with Crippen molar-refractivity contribution < 1.29 is 19.1 Å².